The summed E-state index contributed by atoms with van der Waals surface area (Å²) in [5, 5.41) is 9.43. The van der Waals surface area contributed by atoms with Crippen molar-refractivity contribution in [2.24, 2.45) is 0 Å². The molecule has 4 aromatic rings. The van der Waals surface area contributed by atoms with Crippen molar-refractivity contribution in [2.45, 2.75) is 6.54 Å². The Morgan fingerprint density at radius 1 is 1.12 bits per heavy atom. The van der Waals surface area contributed by atoms with Crippen LogP contribution < -0.4 is 10.1 Å². The van der Waals surface area contributed by atoms with Gasteiger partial charge < -0.3 is 14.6 Å². The summed E-state index contributed by atoms with van der Waals surface area (Å²) in [6, 6.07) is 16.2. The number of fused-ring (bicyclic) bond motifs is 1. The van der Waals surface area contributed by atoms with E-state index in [4.69, 9.17) is 9.26 Å². The third-order valence-electron chi connectivity index (χ3n) is 3.98. The number of aromatic nitrogens is 1. The number of hydrogen-bond donors (Lipinski definition) is 1. The fourth-order valence-electron chi connectivity index (χ4n) is 2.67. The molecule has 0 fully saturated rings. The third kappa shape index (κ3) is 3.76. The highest BCUT2D eigenvalue weighted by molar-refractivity contribution is 7.17. The maximum Gasteiger partial charge on any atom is 0.178 e. The average molecular weight is 368 g/mol. The van der Waals surface area contributed by atoms with Gasteiger partial charge in [0.2, 0.25) is 0 Å². The summed E-state index contributed by atoms with van der Waals surface area (Å²) in [7, 11) is 0. The molecule has 0 atom stereocenters. The van der Waals surface area contributed by atoms with E-state index in [1.807, 2.05) is 35.7 Å². The summed E-state index contributed by atoms with van der Waals surface area (Å²) >= 11 is 1.61. The largest absolute Gasteiger partial charge is 0.492 e. The van der Waals surface area contributed by atoms with Gasteiger partial charge in [0.25, 0.3) is 0 Å². The first kappa shape index (κ1) is 16.8. The molecule has 2 aromatic heterocycles. The zero-order valence-corrected chi connectivity index (χ0v) is 14.8. The molecule has 0 aliphatic carbocycles. The fourth-order valence-corrected chi connectivity index (χ4v) is 3.49. The minimum absolute atomic E-state index is 0.219. The van der Waals surface area contributed by atoms with Crippen LogP contribution in [-0.4, -0.2) is 18.3 Å². The number of ether oxygens (including phenoxy) is 1. The van der Waals surface area contributed by atoms with E-state index in [-0.39, 0.29) is 5.82 Å². The van der Waals surface area contributed by atoms with Crippen molar-refractivity contribution >= 4 is 21.6 Å². The highest BCUT2D eigenvalue weighted by Gasteiger charge is 2.12. The van der Waals surface area contributed by atoms with E-state index in [0.717, 1.165) is 32.9 Å². The zero-order chi connectivity index (χ0) is 17.8. The molecule has 132 valence electrons. The number of rotatable bonds is 7. The van der Waals surface area contributed by atoms with Crippen LogP contribution in [0.5, 0.6) is 5.75 Å². The lowest BCUT2D eigenvalue weighted by Crippen LogP contribution is -2.20. The van der Waals surface area contributed by atoms with E-state index in [9.17, 15) is 4.39 Å². The van der Waals surface area contributed by atoms with Crippen molar-refractivity contribution in [3.8, 4) is 17.0 Å². The van der Waals surface area contributed by atoms with Gasteiger partial charge in [-0.05, 0) is 41.3 Å². The minimum atomic E-state index is -0.219. The molecule has 0 amide bonds. The molecule has 1 N–H and O–H groups in total. The lowest BCUT2D eigenvalue weighted by Gasteiger charge is -2.08. The number of benzene rings is 2. The Balaban J connectivity index is 1.31. The third-order valence-corrected chi connectivity index (χ3v) is 4.88. The van der Waals surface area contributed by atoms with Gasteiger partial charge in [-0.3, -0.25) is 0 Å². The zero-order valence-electron chi connectivity index (χ0n) is 13.9. The molecule has 0 aliphatic heterocycles. The van der Waals surface area contributed by atoms with Crippen molar-refractivity contribution in [3.05, 3.63) is 71.4 Å². The van der Waals surface area contributed by atoms with Crippen LogP contribution in [-0.2, 0) is 6.54 Å². The van der Waals surface area contributed by atoms with Crippen LogP contribution >= 0.6 is 11.3 Å². The number of nitrogens with zero attached hydrogens (tertiary/aromatic N) is 1. The van der Waals surface area contributed by atoms with Gasteiger partial charge in [0, 0.05) is 18.7 Å². The number of hydrogen-bond acceptors (Lipinski definition) is 5. The highest BCUT2D eigenvalue weighted by Crippen LogP contribution is 2.33. The Labute approximate surface area is 154 Å². The minimum Gasteiger partial charge on any atom is -0.492 e. The Hall–Kier alpha value is -2.70. The Morgan fingerprint density at radius 3 is 2.88 bits per heavy atom. The van der Waals surface area contributed by atoms with Gasteiger partial charge >= 0.3 is 0 Å². The van der Waals surface area contributed by atoms with E-state index in [2.05, 4.69) is 10.5 Å². The van der Waals surface area contributed by atoms with Crippen molar-refractivity contribution in [1.29, 1.82) is 0 Å². The first-order valence-corrected chi connectivity index (χ1v) is 9.19. The van der Waals surface area contributed by atoms with Crippen LogP contribution in [0.2, 0.25) is 0 Å². The molecule has 0 radical (unpaired) electrons. The van der Waals surface area contributed by atoms with Crippen molar-refractivity contribution < 1.29 is 13.7 Å². The second-order valence-corrected chi connectivity index (χ2v) is 6.74. The van der Waals surface area contributed by atoms with E-state index in [1.54, 1.807) is 23.5 Å². The molecule has 0 spiro atoms. The summed E-state index contributed by atoms with van der Waals surface area (Å²) in [5.74, 6) is 0.572. The lowest BCUT2D eigenvalue weighted by molar-refractivity contribution is 0.314. The van der Waals surface area contributed by atoms with Gasteiger partial charge in [-0.1, -0.05) is 29.4 Å². The summed E-state index contributed by atoms with van der Waals surface area (Å²) in [6.45, 7) is 1.91. The van der Waals surface area contributed by atoms with Crippen molar-refractivity contribution in [1.82, 2.24) is 10.5 Å². The van der Waals surface area contributed by atoms with Gasteiger partial charge in [0.15, 0.2) is 5.58 Å². The molecule has 6 heteroatoms. The second kappa shape index (κ2) is 7.68. The summed E-state index contributed by atoms with van der Waals surface area (Å²) in [6.07, 6.45) is 0. The maximum absolute atomic E-state index is 12.9. The lowest BCUT2D eigenvalue weighted by atomic mass is 10.1. The molecule has 4 nitrogen and oxygen atoms in total. The molecule has 0 unspecified atom stereocenters. The SMILES string of the molecule is Fc1ccc(CNCCOc2cccc(-c3noc4ccsc34)c2)cc1. The fraction of sp³-hybridized carbons (Fsp3) is 0.150. The van der Waals surface area contributed by atoms with Crippen LogP contribution in [0, 0.1) is 5.82 Å². The predicted molar refractivity (Wildman–Crippen MR) is 101 cm³/mol. The van der Waals surface area contributed by atoms with Crippen LogP contribution in [0.1, 0.15) is 5.56 Å². The molecule has 2 aromatic carbocycles. The van der Waals surface area contributed by atoms with Gasteiger partial charge in [-0.2, -0.15) is 0 Å². The Kier molecular flexibility index (Phi) is 4.95. The van der Waals surface area contributed by atoms with E-state index >= 15 is 0 Å². The standard InChI is InChI=1S/C20H17FN2O2S/c21-16-6-4-14(5-7-16)13-22-9-10-24-17-3-1-2-15(12-17)19-20-18(25-23-19)8-11-26-20/h1-8,11-12,22H,9-10,13H2. The molecular weight excluding hydrogens is 351 g/mol. The normalized spacial score (nSPS) is 11.1. The number of thiophene rings is 1. The topological polar surface area (TPSA) is 47.3 Å². The molecule has 26 heavy (non-hydrogen) atoms. The van der Waals surface area contributed by atoms with Crippen LogP contribution in [0.4, 0.5) is 4.39 Å². The monoisotopic (exact) mass is 368 g/mol. The Morgan fingerprint density at radius 2 is 2.00 bits per heavy atom. The molecule has 0 saturated heterocycles. The Bertz CT molecular complexity index is 994. The van der Waals surface area contributed by atoms with E-state index < -0.39 is 0 Å². The highest BCUT2D eigenvalue weighted by atomic mass is 32.1. The number of halogens is 1. The molecule has 2 heterocycles. The molecule has 4 rings (SSSR count). The van der Waals surface area contributed by atoms with Gasteiger partial charge in [0.05, 0.1) is 0 Å². The molecule has 0 bridgehead atoms. The van der Waals surface area contributed by atoms with E-state index in [1.165, 1.54) is 12.1 Å². The second-order valence-electron chi connectivity index (χ2n) is 5.82. The smallest absolute Gasteiger partial charge is 0.178 e. The predicted octanol–water partition coefficient (Wildman–Crippen LogP) is 4.86. The maximum atomic E-state index is 12.9. The van der Waals surface area contributed by atoms with E-state index in [0.29, 0.717) is 19.7 Å². The van der Waals surface area contributed by atoms with Gasteiger partial charge in [-0.15, -0.1) is 11.3 Å². The number of nitrogens with one attached hydrogen (secondary N) is 1. The van der Waals surface area contributed by atoms with Crippen molar-refractivity contribution in [2.75, 3.05) is 13.2 Å². The quantitative estimate of drug-likeness (QED) is 0.473. The van der Waals surface area contributed by atoms with Gasteiger partial charge in [0.1, 0.15) is 28.6 Å². The van der Waals surface area contributed by atoms with Gasteiger partial charge in [-0.25, -0.2) is 4.39 Å². The molecule has 0 saturated carbocycles. The summed E-state index contributed by atoms with van der Waals surface area (Å²) in [5.41, 5.74) is 3.67. The summed E-state index contributed by atoms with van der Waals surface area (Å²) in [4.78, 5) is 0. The molecule has 0 aliphatic rings. The first-order valence-electron chi connectivity index (χ1n) is 8.31. The van der Waals surface area contributed by atoms with Crippen molar-refractivity contribution in [3.63, 3.8) is 0 Å². The molecular formula is C20H17FN2O2S. The first-order chi connectivity index (χ1) is 12.8. The van der Waals surface area contributed by atoms with Crippen LogP contribution in [0.15, 0.2) is 64.5 Å². The van der Waals surface area contributed by atoms with Crippen LogP contribution in [0.3, 0.4) is 0 Å². The summed E-state index contributed by atoms with van der Waals surface area (Å²) < 4.78 is 25.1. The average Bonchev–Trinajstić information content (AvgIpc) is 3.27. The van der Waals surface area contributed by atoms with Crippen LogP contribution in [0.25, 0.3) is 21.5 Å².